The monoisotopic (exact) mass is 600 g/mol. The van der Waals surface area contributed by atoms with Crippen LogP contribution in [0.4, 0.5) is 0 Å². The first kappa shape index (κ1) is 35.3. The molecular formula is C40H56O4. The van der Waals surface area contributed by atoms with Gasteiger partial charge in [-0.25, -0.2) is 9.59 Å². The van der Waals surface area contributed by atoms with Crippen molar-refractivity contribution in [3.05, 3.63) is 96.1 Å². The van der Waals surface area contributed by atoms with Crippen LogP contribution in [0.2, 0.25) is 0 Å². The maximum atomic E-state index is 12.6. The topological polar surface area (TPSA) is 52.6 Å². The van der Waals surface area contributed by atoms with Gasteiger partial charge < -0.3 is 9.47 Å². The molecule has 0 saturated carbocycles. The molecule has 0 N–H and O–H groups in total. The predicted molar refractivity (Wildman–Crippen MR) is 181 cm³/mol. The molecule has 0 bridgehead atoms. The van der Waals surface area contributed by atoms with Gasteiger partial charge in [0.2, 0.25) is 0 Å². The van der Waals surface area contributed by atoms with E-state index >= 15 is 0 Å². The van der Waals surface area contributed by atoms with Crippen LogP contribution in [0.15, 0.2) is 85.0 Å². The maximum Gasteiger partial charge on any atom is 0.330 e. The van der Waals surface area contributed by atoms with Crippen molar-refractivity contribution in [2.24, 2.45) is 0 Å². The first-order chi connectivity index (χ1) is 21.7. The Morgan fingerprint density at radius 3 is 1.25 bits per heavy atom. The van der Waals surface area contributed by atoms with Crippen molar-refractivity contribution >= 4 is 11.9 Å². The zero-order valence-corrected chi connectivity index (χ0v) is 27.0. The number of esters is 2. The van der Waals surface area contributed by atoms with Crippen LogP contribution in [-0.2, 0) is 31.9 Å². The molecule has 0 aromatic heterocycles. The highest BCUT2D eigenvalue weighted by Gasteiger charge is 2.14. The van der Waals surface area contributed by atoms with E-state index in [0.717, 1.165) is 103 Å². The summed E-state index contributed by atoms with van der Waals surface area (Å²) in [5.41, 5.74) is 2.58. The van der Waals surface area contributed by atoms with E-state index in [-0.39, 0.29) is 24.1 Å². The van der Waals surface area contributed by atoms with E-state index in [2.05, 4.69) is 48.5 Å². The molecule has 3 rings (SSSR count). The van der Waals surface area contributed by atoms with E-state index in [1.807, 2.05) is 24.3 Å². The summed E-state index contributed by atoms with van der Waals surface area (Å²) in [6.45, 7) is 0. The molecule has 0 unspecified atom stereocenters. The number of carbonyl (C=O) groups is 2. The van der Waals surface area contributed by atoms with E-state index in [1.54, 1.807) is 12.2 Å². The molecule has 1 heterocycles. The van der Waals surface area contributed by atoms with Crippen LogP contribution in [0.5, 0.6) is 0 Å². The largest absolute Gasteiger partial charge is 0.459 e. The maximum absolute atomic E-state index is 12.6. The van der Waals surface area contributed by atoms with Crippen LogP contribution in [0.3, 0.4) is 0 Å². The Hall–Kier alpha value is -3.14. The fourth-order valence-electron chi connectivity index (χ4n) is 5.92. The minimum Gasteiger partial charge on any atom is -0.459 e. The van der Waals surface area contributed by atoms with Gasteiger partial charge in [-0.05, 0) is 88.2 Å². The number of allylic oxidation sites excluding steroid dienone is 2. The van der Waals surface area contributed by atoms with Crippen LogP contribution in [0.1, 0.15) is 127 Å². The van der Waals surface area contributed by atoms with E-state index in [0.29, 0.717) is 0 Å². The molecule has 0 spiro atoms. The minimum absolute atomic E-state index is 0.0336. The summed E-state index contributed by atoms with van der Waals surface area (Å²) < 4.78 is 11.8. The van der Waals surface area contributed by atoms with Crippen LogP contribution in [-0.4, -0.2) is 24.1 Å². The van der Waals surface area contributed by atoms with E-state index < -0.39 is 0 Å². The summed E-state index contributed by atoms with van der Waals surface area (Å²) in [6, 6.07) is 20.9. The van der Waals surface area contributed by atoms with Gasteiger partial charge in [-0.2, -0.15) is 0 Å². The van der Waals surface area contributed by atoms with Gasteiger partial charge in [0.25, 0.3) is 0 Å². The lowest BCUT2D eigenvalue weighted by atomic mass is 10.0. The summed E-state index contributed by atoms with van der Waals surface area (Å²) in [5, 5.41) is 0. The van der Waals surface area contributed by atoms with E-state index in [1.165, 1.54) is 36.8 Å². The number of hydrogen-bond acceptors (Lipinski definition) is 4. The molecule has 1 aliphatic heterocycles. The number of hydrogen-bond donors (Lipinski definition) is 0. The fraction of sp³-hybridized carbons (Fsp3) is 0.550. The van der Waals surface area contributed by atoms with Crippen molar-refractivity contribution in [3.63, 3.8) is 0 Å². The Balaban J connectivity index is 1.46. The highest BCUT2D eigenvalue weighted by Crippen LogP contribution is 2.18. The third-order valence-electron chi connectivity index (χ3n) is 8.56. The average Bonchev–Trinajstić information content (AvgIpc) is 3.04. The number of benzene rings is 2. The van der Waals surface area contributed by atoms with Gasteiger partial charge in [-0.1, -0.05) is 124 Å². The molecule has 2 atom stereocenters. The smallest absolute Gasteiger partial charge is 0.330 e. The van der Waals surface area contributed by atoms with Gasteiger partial charge in [-0.3, -0.25) is 0 Å². The first-order valence-corrected chi connectivity index (χ1v) is 17.5. The molecule has 2 aromatic carbocycles. The minimum atomic E-state index is -0.194. The molecule has 240 valence electrons. The third kappa shape index (κ3) is 17.2. The SMILES string of the molecule is O=C1/C=C/CCCCCCCC[C@@H](CCc2ccccc2)OC(=O)/C=C/CCCCCCCC[C@H](CCc2ccccc2)O1. The summed E-state index contributed by atoms with van der Waals surface area (Å²) in [7, 11) is 0. The van der Waals surface area contributed by atoms with Crippen molar-refractivity contribution in [3.8, 4) is 0 Å². The highest BCUT2D eigenvalue weighted by atomic mass is 16.5. The standard InChI is InChI=1S/C40H56O4/c41-39-29-21-11-7-3-1-5-9-19-27-37(33-31-35-23-15-13-16-24-35)43-40(42)30-22-12-8-4-2-6-10-20-28-38(44-39)34-32-36-25-17-14-18-26-36/h13-18,21-26,29-30,37-38H,1-12,19-20,27-28,31-34H2/b29-21+,30-22+/t37-,38+. The molecule has 0 amide bonds. The molecule has 0 radical (unpaired) electrons. The van der Waals surface area contributed by atoms with Crippen molar-refractivity contribution in [1.29, 1.82) is 0 Å². The number of cyclic esters (lactones) is 2. The molecule has 4 nitrogen and oxygen atoms in total. The van der Waals surface area contributed by atoms with Crippen molar-refractivity contribution < 1.29 is 19.1 Å². The van der Waals surface area contributed by atoms with Gasteiger partial charge in [-0.15, -0.1) is 0 Å². The Morgan fingerprint density at radius 2 is 0.841 bits per heavy atom. The number of rotatable bonds is 6. The molecule has 4 heteroatoms. The normalized spacial score (nSPS) is 22.7. The average molecular weight is 601 g/mol. The van der Waals surface area contributed by atoms with Crippen molar-refractivity contribution in [2.75, 3.05) is 0 Å². The summed E-state index contributed by atoms with van der Waals surface area (Å²) >= 11 is 0. The molecule has 0 aliphatic carbocycles. The first-order valence-electron chi connectivity index (χ1n) is 17.5. The van der Waals surface area contributed by atoms with Crippen molar-refractivity contribution in [1.82, 2.24) is 0 Å². The highest BCUT2D eigenvalue weighted by molar-refractivity contribution is 5.82. The lowest BCUT2D eigenvalue weighted by molar-refractivity contribution is -0.144. The van der Waals surface area contributed by atoms with Crippen LogP contribution >= 0.6 is 0 Å². The Morgan fingerprint density at radius 1 is 0.477 bits per heavy atom. The van der Waals surface area contributed by atoms with E-state index in [9.17, 15) is 9.59 Å². The van der Waals surface area contributed by atoms with Crippen LogP contribution < -0.4 is 0 Å². The second-order valence-electron chi connectivity index (χ2n) is 12.4. The van der Waals surface area contributed by atoms with Crippen molar-refractivity contribution in [2.45, 2.75) is 141 Å². The van der Waals surface area contributed by atoms with Gasteiger partial charge in [0.05, 0.1) is 0 Å². The predicted octanol–water partition coefficient (Wildman–Crippen LogP) is 10.4. The number of carbonyl (C=O) groups excluding carboxylic acids is 2. The zero-order chi connectivity index (χ0) is 30.9. The fourth-order valence-corrected chi connectivity index (χ4v) is 5.92. The van der Waals surface area contributed by atoms with Gasteiger partial charge >= 0.3 is 11.9 Å². The second kappa shape index (κ2) is 23.3. The Bertz CT molecular complexity index is 988. The molecule has 2 aromatic rings. The van der Waals surface area contributed by atoms with Gasteiger partial charge in [0.1, 0.15) is 12.2 Å². The number of aryl methyl sites for hydroxylation is 2. The second-order valence-corrected chi connectivity index (χ2v) is 12.4. The summed E-state index contributed by atoms with van der Waals surface area (Å²) in [4.78, 5) is 25.2. The quantitative estimate of drug-likeness (QED) is 0.310. The van der Waals surface area contributed by atoms with Crippen LogP contribution in [0.25, 0.3) is 0 Å². The third-order valence-corrected chi connectivity index (χ3v) is 8.56. The molecule has 0 fully saturated rings. The molecule has 1 aliphatic rings. The zero-order valence-electron chi connectivity index (χ0n) is 27.0. The van der Waals surface area contributed by atoms with E-state index in [4.69, 9.17) is 9.47 Å². The summed E-state index contributed by atoms with van der Waals surface area (Å²) in [6.07, 6.45) is 28.2. The lowest BCUT2D eigenvalue weighted by Crippen LogP contribution is -2.18. The molecule has 44 heavy (non-hydrogen) atoms. The van der Waals surface area contributed by atoms with Gasteiger partial charge in [0, 0.05) is 12.2 Å². The Labute approximate surface area is 267 Å². The molecular weight excluding hydrogens is 544 g/mol. The number of ether oxygens (including phenoxy) is 2. The summed E-state index contributed by atoms with van der Waals surface area (Å²) in [5.74, 6) is -0.389. The Kier molecular flexibility index (Phi) is 18.7. The van der Waals surface area contributed by atoms with Crippen LogP contribution in [0, 0.1) is 0 Å². The van der Waals surface area contributed by atoms with Gasteiger partial charge in [0.15, 0.2) is 0 Å². The lowest BCUT2D eigenvalue weighted by Gasteiger charge is -2.17. The molecule has 0 saturated heterocycles.